The van der Waals surface area contributed by atoms with Crippen LogP contribution in [0.2, 0.25) is 0 Å². The smallest absolute Gasteiger partial charge is 0.309 e. The summed E-state index contributed by atoms with van der Waals surface area (Å²) in [5.41, 5.74) is 2.39. The number of rotatable bonds is 6. The number of amidine groups is 1. The number of hydrazone groups is 1. The predicted molar refractivity (Wildman–Crippen MR) is 120 cm³/mol. The van der Waals surface area contributed by atoms with E-state index >= 15 is 0 Å². The Hall–Kier alpha value is -1.32. The molecule has 0 aromatic carbocycles. The van der Waals surface area contributed by atoms with Gasteiger partial charge < -0.3 is 15.0 Å². The van der Waals surface area contributed by atoms with Crippen molar-refractivity contribution in [3.8, 4) is 0 Å². The van der Waals surface area contributed by atoms with E-state index in [1.54, 1.807) is 0 Å². The van der Waals surface area contributed by atoms with E-state index in [2.05, 4.69) is 15.8 Å². The minimum Gasteiger partial charge on any atom is -0.381 e. The molecule has 0 aromatic rings. The molecule has 3 fully saturated rings. The third-order valence-corrected chi connectivity index (χ3v) is 7.05. The average molecular weight is 461 g/mol. The largest absolute Gasteiger partial charge is 0.381 e. The summed E-state index contributed by atoms with van der Waals surface area (Å²) in [5, 5.41) is 7.71. The standard InChI is InChI=1S/C20H32N4O4S.ClH/c1-24-10-13-29-20(24)23-22-19(27)17(25)16(14-8-11-28-12-9-14)21-18(26)15-6-4-2-3-5-7-15;/h14-16H,2-13H2,1H3,(H,21,26)(H,22,27);1H/b23-20-;/t16-;/m1./s1. The van der Waals surface area contributed by atoms with E-state index in [1.165, 1.54) is 11.8 Å². The van der Waals surface area contributed by atoms with Crippen molar-refractivity contribution in [1.29, 1.82) is 0 Å². The summed E-state index contributed by atoms with van der Waals surface area (Å²) in [5.74, 6) is -0.736. The van der Waals surface area contributed by atoms with Crippen LogP contribution in [-0.4, -0.2) is 66.3 Å². The molecule has 3 rings (SSSR count). The molecule has 0 aromatic heterocycles. The molecule has 10 heteroatoms. The van der Waals surface area contributed by atoms with Gasteiger partial charge in [0.05, 0.1) is 0 Å². The SMILES string of the molecule is CN1CCS/C1=N\NC(=O)C(=O)[C@H](NC(=O)C1CCCCCC1)C1CCOCC1.Cl. The van der Waals surface area contributed by atoms with E-state index in [0.717, 1.165) is 50.8 Å². The number of carbonyl (C=O) groups is 3. The zero-order valence-electron chi connectivity index (χ0n) is 17.6. The Morgan fingerprint density at radius 1 is 1.10 bits per heavy atom. The lowest BCUT2D eigenvalue weighted by atomic mass is 9.87. The van der Waals surface area contributed by atoms with E-state index in [0.29, 0.717) is 31.2 Å². The number of ketones is 1. The van der Waals surface area contributed by atoms with Crippen LogP contribution in [0.3, 0.4) is 0 Å². The quantitative estimate of drug-likeness (QED) is 0.357. The normalized spacial score (nSPS) is 23.4. The van der Waals surface area contributed by atoms with E-state index in [4.69, 9.17) is 4.74 Å². The van der Waals surface area contributed by atoms with Crippen LogP contribution in [0.25, 0.3) is 0 Å². The van der Waals surface area contributed by atoms with Gasteiger partial charge in [0, 0.05) is 38.5 Å². The number of carbonyl (C=O) groups excluding carboxylic acids is 3. The maximum atomic E-state index is 13.0. The van der Waals surface area contributed by atoms with E-state index in [1.807, 2.05) is 11.9 Å². The second-order valence-electron chi connectivity index (χ2n) is 8.09. The van der Waals surface area contributed by atoms with Crippen molar-refractivity contribution >= 4 is 46.9 Å². The van der Waals surface area contributed by atoms with Gasteiger partial charge in [-0.2, -0.15) is 0 Å². The lowest BCUT2D eigenvalue weighted by molar-refractivity contribution is -0.142. The number of amides is 2. The first kappa shape index (κ1) is 24.9. The fraction of sp³-hybridized carbons (Fsp3) is 0.800. The molecule has 1 saturated carbocycles. The molecule has 0 bridgehead atoms. The van der Waals surface area contributed by atoms with E-state index in [9.17, 15) is 14.4 Å². The number of ether oxygens (including phenoxy) is 1. The lowest BCUT2D eigenvalue weighted by Crippen LogP contribution is -2.53. The van der Waals surface area contributed by atoms with Crippen molar-refractivity contribution in [3.05, 3.63) is 0 Å². The predicted octanol–water partition coefficient (Wildman–Crippen LogP) is 1.92. The highest BCUT2D eigenvalue weighted by molar-refractivity contribution is 8.14. The van der Waals surface area contributed by atoms with Gasteiger partial charge in [-0.3, -0.25) is 14.4 Å². The highest BCUT2D eigenvalue weighted by Crippen LogP contribution is 2.25. The highest BCUT2D eigenvalue weighted by atomic mass is 35.5. The third-order valence-electron chi connectivity index (χ3n) is 6.00. The summed E-state index contributed by atoms with van der Waals surface area (Å²) in [6.45, 7) is 1.94. The first-order chi connectivity index (χ1) is 14.1. The summed E-state index contributed by atoms with van der Waals surface area (Å²) >= 11 is 1.54. The maximum Gasteiger partial charge on any atom is 0.309 e. The monoisotopic (exact) mass is 460 g/mol. The zero-order valence-corrected chi connectivity index (χ0v) is 19.2. The number of nitrogens with zero attached hydrogens (tertiary/aromatic N) is 2. The molecule has 2 saturated heterocycles. The van der Waals surface area contributed by atoms with Crippen molar-refractivity contribution in [1.82, 2.24) is 15.6 Å². The molecule has 1 aliphatic carbocycles. The van der Waals surface area contributed by atoms with Gasteiger partial charge in [0.2, 0.25) is 11.7 Å². The molecule has 2 heterocycles. The summed E-state index contributed by atoms with van der Waals surface area (Å²) in [6, 6.07) is -0.816. The van der Waals surface area contributed by atoms with Gasteiger partial charge in [0.15, 0.2) is 5.17 Å². The lowest BCUT2D eigenvalue weighted by Gasteiger charge is -2.30. The summed E-state index contributed by atoms with van der Waals surface area (Å²) < 4.78 is 5.40. The molecule has 30 heavy (non-hydrogen) atoms. The number of nitrogens with one attached hydrogen (secondary N) is 2. The van der Waals surface area contributed by atoms with Gasteiger partial charge >= 0.3 is 5.91 Å². The van der Waals surface area contributed by atoms with Crippen LogP contribution < -0.4 is 10.7 Å². The molecule has 8 nitrogen and oxygen atoms in total. The molecule has 0 spiro atoms. The minimum atomic E-state index is -0.816. The van der Waals surface area contributed by atoms with Crippen LogP contribution in [0.1, 0.15) is 51.4 Å². The Morgan fingerprint density at radius 3 is 2.37 bits per heavy atom. The summed E-state index contributed by atoms with van der Waals surface area (Å²) in [4.78, 5) is 40.3. The Morgan fingerprint density at radius 2 is 1.77 bits per heavy atom. The van der Waals surface area contributed by atoms with E-state index in [-0.39, 0.29) is 30.2 Å². The van der Waals surface area contributed by atoms with Crippen LogP contribution in [0.5, 0.6) is 0 Å². The van der Waals surface area contributed by atoms with Crippen molar-refractivity contribution in [2.45, 2.75) is 57.4 Å². The highest BCUT2D eigenvalue weighted by Gasteiger charge is 2.36. The van der Waals surface area contributed by atoms with Crippen LogP contribution in [0, 0.1) is 11.8 Å². The minimum absolute atomic E-state index is 0. The van der Waals surface area contributed by atoms with Crippen molar-refractivity contribution in [2.75, 3.05) is 32.6 Å². The molecule has 1 atom stereocenters. The van der Waals surface area contributed by atoms with Gasteiger partial charge in [0.1, 0.15) is 6.04 Å². The number of hydrogen-bond acceptors (Lipinski definition) is 6. The van der Waals surface area contributed by atoms with Gasteiger partial charge in [-0.1, -0.05) is 37.4 Å². The molecule has 2 amide bonds. The number of thioether (sulfide) groups is 1. The molecule has 0 radical (unpaired) electrons. The van der Waals surface area contributed by atoms with Gasteiger partial charge in [-0.15, -0.1) is 17.5 Å². The molecule has 0 unspecified atom stereocenters. The van der Waals surface area contributed by atoms with E-state index < -0.39 is 17.7 Å². The topological polar surface area (TPSA) is 100 Å². The first-order valence-electron chi connectivity index (χ1n) is 10.7. The molecule has 2 N–H and O–H groups in total. The Labute approximate surface area is 188 Å². The fourth-order valence-electron chi connectivity index (χ4n) is 4.15. The van der Waals surface area contributed by atoms with Gasteiger partial charge in [-0.25, -0.2) is 5.43 Å². The van der Waals surface area contributed by atoms with Crippen molar-refractivity contribution < 1.29 is 19.1 Å². The Kier molecular flexibility index (Phi) is 10.4. The molecule has 2 aliphatic heterocycles. The Bertz CT molecular complexity index is 634. The molecule has 170 valence electrons. The van der Waals surface area contributed by atoms with Crippen LogP contribution >= 0.6 is 24.2 Å². The number of halogens is 1. The van der Waals surface area contributed by atoms with Crippen LogP contribution in [0.15, 0.2) is 5.10 Å². The second kappa shape index (κ2) is 12.5. The molecular weight excluding hydrogens is 428 g/mol. The number of hydrogen-bond donors (Lipinski definition) is 2. The Balaban J connectivity index is 0.00000320. The summed E-state index contributed by atoms with van der Waals surface area (Å²) in [6.07, 6.45) is 7.40. The van der Waals surface area contributed by atoms with Gasteiger partial charge in [0.25, 0.3) is 0 Å². The van der Waals surface area contributed by atoms with Gasteiger partial charge in [-0.05, 0) is 31.6 Å². The van der Waals surface area contributed by atoms with Crippen LogP contribution in [0.4, 0.5) is 0 Å². The maximum absolute atomic E-state index is 13.0. The third kappa shape index (κ3) is 6.85. The van der Waals surface area contributed by atoms with Crippen molar-refractivity contribution in [3.63, 3.8) is 0 Å². The van der Waals surface area contributed by atoms with Crippen molar-refractivity contribution in [2.24, 2.45) is 16.9 Å². The molecular formula is C20H33ClN4O4S. The zero-order chi connectivity index (χ0) is 20.6. The number of Topliss-reactive ketones (excluding diaryl/α,β-unsaturated/α-hetero) is 1. The average Bonchev–Trinajstić information content (AvgIpc) is 2.97. The first-order valence-corrected chi connectivity index (χ1v) is 11.7. The summed E-state index contributed by atoms with van der Waals surface area (Å²) in [7, 11) is 1.89. The second-order valence-corrected chi connectivity index (χ2v) is 9.16. The molecule has 3 aliphatic rings. The van der Waals surface area contributed by atoms with Crippen LogP contribution in [-0.2, 0) is 19.1 Å². The fourth-order valence-corrected chi connectivity index (χ4v) is 5.12.